The molecule has 2 fully saturated rings. The number of ether oxygens (including phenoxy) is 1. The van der Waals surface area contributed by atoms with Gasteiger partial charge in [-0.1, -0.05) is 57.6 Å². The molecule has 37 heavy (non-hydrogen) atoms. The second-order valence-electron chi connectivity index (χ2n) is 11.2. The summed E-state index contributed by atoms with van der Waals surface area (Å²) in [6.07, 6.45) is 16.6. The predicted octanol–water partition coefficient (Wildman–Crippen LogP) is 5.08. The highest BCUT2D eigenvalue weighted by Gasteiger charge is 2.50. The molecule has 2 amide bonds. The monoisotopic (exact) mass is 508 g/mol. The van der Waals surface area contributed by atoms with Crippen LogP contribution in [0.2, 0.25) is 0 Å². The second-order valence-corrected chi connectivity index (χ2v) is 11.2. The molecule has 4 rings (SSSR count). The smallest absolute Gasteiger partial charge is 0.246 e. The Bertz CT molecular complexity index is 1020. The van der Waals surface area contributed by atoms with E-state index in [9.17, 15) is 9.59 Å². The highest BCUT2D eigenvalue weighted by atomic mass is 16.5. The third kappa shape index (κ3) is 6.74. The molecule has 7 heteroatoms. The molecule has 2 aliphatic rings. The first-order valence-corrected chi connectivity index (χ1v) is 14.2. The number of benzene rings is 1. The largest absolute Gasteiger partial charge is 0.497 e. The van der Waals surface area contributed by atoms with Crippen molar-refractivity contribution in [2.75, 3.05) is 20.2 Å². The zero-order chi connectivity index (χ0) is 26.3. The Labute approximate surface area is 221 Å². The molecule has 2 heterocycles. The average Bonchev–Trinajstić information content (AvgIpc) is 3.37. The van der Waals surface area contributed by atoms with E-state index in [1.807, 2.05) is 35.0 Å². The number of primary amides is 1. The van der Waals surface area contributed by atoms with E-state index in [-0.39, 0.29) is 29.7 Å². The topological polar surface area (TPSA) is 90.4 Å². The second kappa shape index (κ2) is 12.6. The van der Waals surface area contributed by atoms with Crippen molar-refractivity contribution in [3.05, 3.63) is 48.0 Å². The lowest BCUT2D eigenvalue weighted by Crippen LogP contribution is -2.63. The van der Waals surface area contributed by atoms with Crippen molar-refractivity contribution >= 4 is 11.8 Å². The van der Waals surface area contributed by atoms with Crippen LogP contribution in [0.25, 0.3) is 0 Å². The van der Waals surface area contributed by atoms with Gasteiger partial charge in [-0.25, -0.2) is 4.98 Å². The minimum Gasteiger partial charge on any atom is -0.497 e. The molecule has 0 spiro atoms. The number of rotatable bonds is 13. The van der Waals surface area contributed by atoms with E-state index in [0.29, 0.717) is 12.8 Å². The third-order valence-electron chi connectivity index (χ3n) is 8.59. The lowest BCUT2D eigenvalue weighted by molar-refractivity contribution is -0.153. The van der Waals surface area contributed by atoms with Gasteiger partial charge in [0.1, 0.15) is 11.8 Å². The van der Waals surface area contributed by atoms with E-state index in [1.54, 1.807) is 13.4 Å². The van der Waals surface area contributed by atoms with Crippen LogP contribution in [0.4, 0.5) is 0 Å². The van der Waals surface area contributed by atoms with Crippen molar-refractivity contribution < 1.29 is 14.3 Å². The fourth-order valence-corrected chi connectivity index (χ4v) is 6.38. The van der Waals surface area contributed by atoms with Gasteiger partial charge in [-0.2, -0.15) is 0 Å². The van der Waals surface area contributed by atoms with Crippen LogP contribution in [0.5, 0.6) is 5.75 Å². The van der Waals surface area contributed by atoms with Gasteiger partial charge in [-0.15, -0.1) is 0 Å². The minimum absolute atomic E-state index is 0.164. The first-order chi connectivity index (χ1) is 17.9. The van der Waals surface area contributed by atoms with E-state index < -0.39 is 0 Å². The molecule has 0 bridgehead atoms. The Morgan fingerprint density at radius 1 is 1.14 bits per heavy atom. The normalized spacial score (nSPS) is 18.3. The standard InChI is InChI=1S/C30H44N4O3/c1-3-4-8-17-30(24-9-6-5-7-10-24)20-34(21-30)29(36)27(18-23-11-14-26(37-2)15-12-23)33-19-25(32-22-33)13-16-28(31)35/h11-12,14-15,19,22,24,27H,3-10,13,16-18,20-21H2,1-2H3,(H2,31,35)/t27-/m1/s1. The summed E-state index contributed by atoms with van der Waals surface area (Å²) in [5.41, 5.74) is 7.48. The van der Waals surface area contributed by atoms with Gasteiger partial charge in [0.05, 0.1) is 19.1 Å². The van der Waals surface area contributed by atoms with Crippen LogP contribution in [0, 0.1) is 11.3 Å². The number of methoxy groups -OCH3 is 1. The van der Waals surface area contributed by atoms with E-state index >= 15 is 0 Å². The van der Waals surface area contributed by atoms with Gasteiger partial charge in [0.25, 0.3) is 0 Å². The lowest BCUT2D eigenvalue weighted by Gasteiger charge is -2.56. The summed E-state index contributed by atoms with van der Waals surface area (Å²) in [5.74, 6) is 1.37. The summed E-state index contributed by atoms with van der Waals surface area (Å²) in [7, 11) is 1.66. The van der Waals surface area contributed by atoms with Gasteiger partial charge in [0.15, 0.2) is 0 Å². The highest BCUT2D eigenvalue weighted by Crippen LogP contribution is 2.49. The van der Waals surface area contributed by atoms with Crippen molar-refractivity contribution in [1.29, 1.82) is 0 Å². The minimum atomic E-state index is -0.372. The van der Waals surface area contributed by atoms with Crippen LogP contribution in [0.15, 0.2) is 36.8 Å². The summed E-state index contributed by atoms with van der Waals surface area (Å²) >= 11 is 0. The number of imidazole rings is 1. The molecule has 7 nitrogen and oxygen atoms in total. The maximum atomic E-state index is 14.0. The molecule has 1 saturated heterocycles. The molecule has 1 aromatic heterocycles. The number of hydrogen-bond donors (Lipinski definition) is 1. The Kier molecular flexibility index (Phi) is 9.28. The number of carbonyl (C=O) groups is 2. The summed E-state index contributed by atoms with van der Waals surface area (Å²) in [5, 5.41) is 0. The fourth-order valence-electron chi connectivity index (χ4n) is 6.38. The van der Waals surface area contributed by atoms with Crippen LogP contribution in [-0.2, 0) is 22.4 Å². The van der Waals surface area contributed by atoms with Crippen molar-refractivity contribution in [2.24, 2.45) is 17.1 Å². The molecule has 0 unspecified atom stereocenters. The SMILES string of the molecule is CCCCCC1(C2CCCCC2)CN(C(=O)[C@@H](Cc2ccc(OC)cc2)n2cnc(CCC(N)=O)c2)C1. The number of carbonyl (C=O) groups excluding carboxylic acids is 2. The number of amides is 2. The molecule has 1 atom stereocenters. The number of nitrogens with zero attached hydrogens (tertiary/aromatic N) is 3. The predicted molar refractivity (Wildman–Crippen MR) is 145 cm³/mol. The van der Waals surface area contributed by atoms with Gasteiger partial charge in [0, 0.05) is 37.5 Å². The summed E-state index contributed by atoms with van der Waals surface area (Å²) in [6, 6.07) is 7.56. The quantitative estimate of drug-likeness (QED) is 0.382. The van der Waals surface area contributed by atoms with Gasteiger partial charge >= 0.3 is 0 Å². The van der Waals surface area contributed by atoms with E-state index in [2.05, 4.69) is 16.8 Å². The molecule has 1 aliphatic heterocycles. The first-order valence-electron chi connectivity index (χ1n) is 14.2. The van der Waals surface area contributed by atoms with E-state index in [0.717, 1.165) is 36.0 Å². The third-order valence-corrected chi connectivity index (χ3v) is 8.59. The van der Waals surface area contributed by atoms with Crippen molar-refractivity contribution in [3.63, 3.8) is 0 Å². The number of likely N-dealkylation sites (tertiary alicyclic amines) is 1. The highest BCUT2D eigenvalue weighted by molar-refractivity contribution is 5.82. The van der Waals surface area contributed by atoms with Gasteiger partial charge in [0.2, 0.25) is 11.8 Å². The Hall–Kier alpha value is -2.83. The molecule has 1 saturated carbocycles. The molecule has 0 radical (unpaired) electrons. The fraction of sp³-hybridized carbons (Fsp3) is 0.633. The van der Waals surface area contributed by atoms with Crippen molar-refractivity contribution in [2.45, 2.75) is 90.0 Å². The molecule has 2 aromatic rings. The Balaban J connectivity index is 1.51. The lowest BCUT2D eigenvalue weighted by atomic mass is 9.61. The summed E-state index contributed by atoms with van der Waals surface area (Å²) in [6.45, 7) is 4.02. The number of nitrogens with two attached hydrogens (primary N) is 1. The molecule has 1 aromatic carbocycles. The first kappa shape index (κ1) is 27.2. The molecule has 2 N–H and O–H groups in total. The Morgan fingerprint density at radius 3 is 2.51 bits per heavy atom. The zero-order valence-corrected chi connectivity index (χ0v) is 22.7. The number of hydrogen-bond acceptors (Lipinski definition) is 4. The van der Waals surface area contributed by atoms with Crippen LogP contribution in [-0.4, -0.2) is 46.5 Å². The molecule has 202 valence electrons. The summed E-state index contributed by atoms with van der Waals surface area (Å²) < 4.78 is 7.24. The van der Waals surface area contributed by atoms with Crippen LogP contribution >= 0.6 is 0 Å². The van der Waals surface area contributed by atoms with Crippen LogP contribution < -0.4 is 10.5 Å². The van der Waals surface area contributed by atoms with Gasteiger partial charge in [-0.05, 0) is 49.3 Å². The van der Waals surface area contributed by atoms with Gasteiger partial charge < -0.3 is 19.9 Å². The maximum Gasteiger partial charge on any atom is 0.246 e. The molecule has 1 aliphatic carbocycles. The number of aryl methyl sites for hydroxylation is 1. The number of aromatic nitrogens is 2. The zero-order valence-electron chi connectivity index (χ0n) is 22.7. The van der Waals surface area contributed by atoms with Gasteiger partial charge in [-0.3, -0.25) is 9.59 Å². The maximum absolute atomic E-state index is 14.0. The van der Waals surface area contributed by atoms with Crippen LogP contribution in [0.1, 0.15) is 88.4 Å². The molecular formula is C30H44N4O3. The van der Waals surface area contributed by atoms with Crippen molar-refractivity contribution in [1.82, 2.24) is 14.5 Å². The Morgan fingerprint density at radius 2 is 1.86 bits per heavy atom. The van der Waals surface area contributed by atoms with Crippen molar-refractivity contribution in [3.8, 4) is 5.75 Å². The van der Waals surface area contributed by atoms with E-state index in [1.165, 1.54) is 57.8 Å². The van der Waals surface area contributed by atoms with Crippen LogP contribution in [0.3, 0.4) is 0 Å². The number of unbranched alkanes of at least 4 members (excludes halogenated alkanes) is 2. The van der Waals surface area contributed by atoms with E-state index in [4.69, 9.17) is 10.5 Å². The summed E-state index contributed by atoms with van der Waals surface area (Å²) in [4.78, 5) is 31.8. The molecular weight excluding hydrogens is 464 g/mol. The average molecular weight is 509 g/mol.